The first-order valence-corrected chi connectivity index (χ1v) is 3.60. The van der Waals surface area contributed by atoms with Crippen molar-refractivity contribution in [3.63, 3.8) is 0 Å². The Morgan fingerprint density at radius 3 is 3.00 bits per heavy atom. The third-order valence-electron chi connectivity index (χ3n) is 1.43. The molecule has 2 heteroatoms. The first-order chi connectivity index (χ1) is 5.86. The summed E-state index contributed by atoms with van der Waals surface area (Å²) in [6.07, 6.45) is 0.589. The predicted octanol–water partition coefficient (Wildman–Crippen LogP) is 1.28. The summed E-state index contributed by atoms with van der Waals surface area (Å²) in [5.41, 5.74) is 1.83. The molecule has 0 aliphatic rings. The Labute approximate surface area is 71.6 Å². The van der Waals surface area contributed by atoms with E-state index in [9.17, 15) is 4.79 Å². The second-order valence-electron chi connectivity index (χ2n) is 2.22. The molecular weight excluding hydrogens is 150 g/mol. The highest BCUT2D eigenvalue weighted by molar-refractivity contribution is 5.74. The van der Waals surface area contributed by atoms with Crippen molar-refractivity contribution >= 4 is 12.0 Å². The fourth-order valence-corrected chi connectivity index (χ4v) is 0.865. The number of rotatable bonds is 1. The van der Waals surface area contributed by atoms with Crippen molar-refractivity contribution in [2.24, 2.45) is 0 Å². The Morgan fingerprint density at radius 2 is 2.33 bits per heavy atom. The monoisotopic (exact) mass is 159 g/mol. The maximum absolute atomic E-state index is 9.94. The van der Waals surface area contributed by atoms with Crippen LogP contribution in [-0.2, 0) is 4.79 Å². The van der Waals surface area contributed by atoms with Gasteiger partial charge in [-0.3, -0.25) is 4.79 Å². The number of carbonyl (C=O) groups excluding carboxylic acids is 1. The Balaban J connectivity index is 2.93. The average molecular weight is 159 g/mol. The first kappa shape index (κ1) is 8.35. The van der Waals surface area contributed by atoms with Crippen LogP contribution in [0.5, 0.6) is 0 Å². The smallest absolute Gasteiger partial charge is 0.193 e. The van der Waals surface area contributed by atoms with Crippen molar-refractivity contribution in [2.45, 2.75) is 0 Å². The normalized spacial score (nSPS) is 8.08. The van der Waals surface area contributed by atoms with E-state index >= 15 is 0 Å². The van der Waals surface area contributed by atoms with Gasteiger partial charge in [-0.15, -0.1) is 0 Å². The molecule has 1 rings (SSSR count). The van der Waals surface area contributed by atoms with Crippen molar-refractivity contribution < 1.29 is 4.79 Å². The minimum absolute atomic E-state index is 0.589. The lowest BCUT2D eigenvalue weighted by atomic mass is 10.2. The molecule has 1 N–H and O–H groups in total. The zero-order chi connectivity index (χ0) is 8.81. The van der Waals surface area contributed by atoms with Crippen molar-refractivity contribution in [3.05, 3.63) is 29.8 Å². The lowest BCUT2D eigenvalue weighted by Crippen LogP contribution is -1.87. The molecule has 12 heavy (non-hydrogen) atoms. The lowest BCUT2D eigenvalue weighted by molar-refractivity contribution is -0.103. The van der Waals surface area contributed by atoms with Crippen LogP contribution in [0, 0.1) is 11.8 Å². The summed E-state index contributed by atoms with van der Waals surface area (Å²) in [6.45, 7) is 0. The lowest BCUT2D eigenvalue weighted by Gasteiger charge is -1.98. The molecule has 0 atom stereocenters. The highest BCUT2D eigenvalue weighted by Crippen LogP contribution is 2.07. The highest BCUT2D eigenvalue weighted by Gasteiger charge is 1.88. The molecule has 0 heterocycles. The molecule has 60 valence electrons. The van der Waals surface area contributed by atoms with Crippen LogP contribution in [0.15, 0.2) is 24.3 Å². The molecule has 0 saturated heterocycles. The Kier molecular flexibility index (Phi) is 2.92. The zero-order valence-electron chi connectivity index (χ0n) is 6.79. The topological polar surface area (TPSA) is 29.1 Å². The van der Waals surface area contributed by atoms with Gasteiger partial charge >= 0.3 is 0 Å². The summed E-state index contributed by atoms with van der Waals surface area (Å²) in [7, 11) is 1.84. The summed E-state index contributed by atoms with van der Waals surface area (Å²) in [5.74, 6) is 5.07. The molecule has 2 nitrogen and oxygen atoms in total. The molecule has 0 aromatic heterocycles. The SMILES string of the molecule is CNc1cccc(C#CC=O)c1. The molecule has 0 aliphatic heterocycles. The fraction of sp³-hybridized carbons (Fsp3) is 0.100. The molecule has 1 aromatic rings. The highest BCUT2D eigenvalue weighted by atomic mass is 16.1. The van der Waals surface area contributed by atoms with E-state index in [0.29, 0.717) is 6.29 Å². The average Bonchev–Trinajstić information content (AvgIpc) is 2.15. The molecule has 0 saturated carbocycles. The van der Waals surface area contributed by atoms with Gasteiger partial charge in [-0.25, -0.2) is 0 Å². The maximum Gasteiger partial charge on any atom is 0.193 e. The third-order valence-corrected chi connectivity index (χ3v) is 1.43. The van der Waals surface area contributed by atoms with Crippen LogP contribution >= 0.6 is 0 Å². The number of benzene rings is 1. The Bertz CT molecular complexity index is 333. The largest absolute Gasteiger partial charge is 0.388 e. The number of nitrogens with one attached hydrogen (secondary N) is 1. The summed E-state index contributed by atoms with van der Waals surface area (Å²) in [6, 6.07) is 7.57. The number of hydrogen-bond acceptors (Lipinski definition) is 2. The standard InChI is InChI=1S/C10H9NO/c1-11-10-6-2-4-9(8-10)5-3-7-12/h2,4,6-8,11H,1H3. The van der Waals surface area contributed by atoms with E-state index in [0.717, 1.165) is 11.3 Å². The van der Waals surface area contributed by atoms with Crippen LogP contribution in [-0.4, -0.2) is 13.3 Å². The summed E-state index contributed by atoms with van der Waals surface area (Å²) in [5, 5.41) is 2.99. The van der Waals surface area contributed by atoms with E-state index < -0.39 is 0 Å². The van der Waals surface area contributed by atoms with Crippen LogP contribution in [0.4, 0.5) is 5.69 Å². The van der Waals surface area contributed by atoms with Crippen LogP contribution in [0.3, 0.4) is 0 Å². The fourth-order valence-electron chi connectivity index (χ4n) is 0.865. The van der Waals surface area contributed by atoms with Crippen LogP contribution in [0.1, 0.15) is 5.56 Å². The predicted molar refractivity (Wildman–Crippen MR) is 48.9 cm³/mol. The van der Waals surface area contributed by atoms with Crippen molar-refractivity contribution in [1.29, 1.82) is 0 Å². The second-order valence-corrected chi connectivity index (χ2v) is 2.22. The molecule has 0 spiro atoms. The molecule has 1 aromatic carbocycles. The van der Waals surface area contributed by atoms with Crippen LogP contribution in [0.25, 0.3) is 0 Å². The van der Waals surface area contributed by atoms with Crippen molar-refractivity contribution in [3.8, 4) is 11.8 Å². The van der Waals surface area contributed by atoms with Crippen molar-refractivity contribution in [1.82, 2.24) is 0 Å². The van der Waals surface area contributed by atoms with Crippen LogP contribution < -0.4 is 5.32 Å². The summed E-state index contributed by atoms with van der Waals surface area (Å²) >= 11 is 0. The first-order valence-electron chi connectivity index (χ1n) is 3.60. The van der Waals surface area contributed by atoms with Gasteiger partial charge in [0.1, 0.15) is 0 Å². The maximum atomic E-state index is 9.94. The van der Waals surface area contributed by atoms with E-state index in [1.165, 1.54) is 0 Å². The van der Waals surface area contributed by atoms with Crippen LogP contribution in [0.2, 0.25) is 0 Å². The molecule has 0 unspecified atom stereocenters. The zero-order valence-corrected chi connectivity index (χ0v) is 6.79. The van der Waals surface area contributed by atoms with Gasteiger partial charge in [0.2, 0.25) is 0 Å². The van der Waals surface area contributed by atoms with Gasteiger partial charge in [-0.05, 0) is 24.1 Å². The van der Waals surface area contributed by atoms with E-state index in [4.69, 9.17) is 0 Å². The summed E-state index contributed by atoms with van der Waals surface area (Å²) in [4.78, 5) is 9.94. The molecule has 0 amide bonds. The Morgan fingerprint density at radius 1 is 1.50 bits per heavy atom. The van der Waals surface area contributed by atoms with E-state index in [2.05, 4.69) is 17.2 Å². The molecule has 0 bridgehead atoms. The number of anilines is 1. The molecule has 0 aliphatic carbocycles. The number of aldehydes is 1. The van der Waals surface area contributed by atoms with Gasteiger partial charge in [0.05, 0.1) is 0 Å². The van der Waals surface area contributed by atoms with E-state index in [1.54, 1.807) is 0 Å². The molecular formula is C10H9NO. The second kappa shape index (κ2) is 4.20. The van der Waals surface area contributed by atoms with Gasteiger partial charge in [-0.2, -0.15) is 0 Å². The molecule has 0 radical (unpaired) electrons. The number of hydrogen-bond donors (Lipinski definition) is 1. The number of carbonyl (C=O) groups is 1. The van der Waals surface area contributed by atoms with Gasteiger partial charge < -0.3 is 5.32 Å². The minimum atomic E-state index is 0.589. The quantitative estimate of drug-likeness (QED) is 0.494. The Hall–Kier alpha value is -1.75. The van der Waals surface area contributed by atoms with Gasteiger partial charge in [0.15, 0.2) is 6.29 Å². The van der Waals surface area contributed by atoms with Gasteiger partial charge in [0.25, 0.3) is 0 Å². The third kappa shape index (κ3) is 2.14. The van der Waals surface area contributed by atoms with Gasteiger partial charge in [0, 0.05) is 18.3 Å². The summed E-state index contributed by atoms with van der Waals surface area (Å²) < 4.78 is 0. The van der Waals surface area contributed by atoms with Gasteiger partial charge in [-0.1, -0.05) is 12.0 Å². The molecule has 0 fully saturated rings. The minimum Gasteiger partial charge on any atom is -0.388 e. The van der Waals surface area contributed by atoms with Crippen molar-refractivity contribution in [2.75, 3.05) is 12.4 Å². The van der Waals surface area contributed by atoms with E-state index in [-0.39, 0.29) is 0 Å². The van der Waals surface area contributed by atoms with E-state index in [1.807, 2.05) is 31.3 Å².